The van der Waals surface area contributed by atoms with E-state index >= 15 is 0 Å². The van der Waals surface area contributed by atoms with Gasteiger partial charge in [-0.1, -0.05) is 59.6 Å². The van der Waals surface area contributed by atoms with Gasteiger partial charge >= 0.3 is 0 Å². The predicted octanol–water partition coefficient (Wildman–Crippen LogP) is 4.90. The minimum absolute atomic E-state index is 0.0629. The van der Waals surface area contributed by atoms with Crippen LogP contribution in [-0.2, 0) is 26.2 Å². The molecule has 2 unspecified atom stereocenters. The predicted molar refractivity (Wildman–Crippen MR) is 145 cm³/mol. The number of halogens is 2. The first-order valence-electron chi connectivity index (χ1n) is 11.5. The summed E-state index contributed by atoms with van der Waals surface area (Å²) >= 11 is 9.78. The van der Waals surface area contributed by atoms with E-state index in [-0.39, 0.29) is 18.5 Å². The molecule has 2 rings (SSSR count). The molecular formula is C25H33BrClN3O4S. The van der Waals surface area contributed by atoms with Crippen molar-refractivity contribution in [2.45, 2.75) is 59.2 Å². The number of nitrogens with zero attached hydrogens (tertiary/aromatic N) is 2. The van der Waals surface area contributed by atoms with Crippen LogP contribution in [0.25, 0.3) is 0 Å². The first kappa shape index (κ1) is 29.1. The molecule has 0 saturated carbocycles. The van der Waals surface area contributed by atoms with Crippen LogP contribution in [0.4, 0.5) is 5.69 Å². The zero-order chi connectivity index (χ0) is 26.3. The summed E-state index contributed by atoms with van der Waals surface area (Å²) in [6.45, 7) is 7.14. The van der Waals surface area contributed by atoms with Gasteiger partial charge in [0.2, 0.25) is 21.8 Å². The Morgan fingerprint density at radius 2 is 1.77 bits per heavy atom. The van der Waals surface area contributed by atoms with E-state index in [0.717, 1.165) is 27.0 Å². The van der Waals surface area contributed by atoms with Crippen molar-refractivity contribution in [3.63, 3.8) is 0 Å². The van der Waals surface area contributed by atoms with E-state index in [4.69, 9.17) is 11.6 Å². The number of aryl methyl sites for hydroxylation is 1. The molecule has 0 radical (unpaired) electrons. The molecule has 2 aromatic rings. The van der Waals surface area contributed by atoms with E-state index < -0.39 is 28.5 Å². The number of carbonyl (C=O) groups is 2. The summed E-state index contributed by atoms with van der Waals surface area (Å²) in [7, 11) is -3.79. The molecule has 192 valence electrons. The van der Waals surface area contributed by atoms with Gasteiger partial charge in [0, 0.05) is 22.1 Å². The lowest BCUT2D eigenvalue weighted by molar-refractivity contribution is -0.140. The third-order valence-electron chi connectivity index (χ3n) is 5.79. The van der Waals surface area contributed by atoms with Gasteiger partial charge in [-0.3, -0.25) is 13.9 Å². The molecule has 0 spiro atoms. The molecule has 0 aliphatic carbocycles. The van der Waals surface area contributed by atoms with Crippen LogP contribution >= 0.6 is 27.5 Å². The van der Waals surface area contributed by atoms with Crippen LogP contribution in [0.1, 0.15) is 44.7 Å². The van der Waals surface area contributed by atoms with E-state index in [1.165, 1.54) is 4.90 Å². The van der Waals surface area contributed by atoms with E-state index in [0.29, 0.717) is 22.7 Å². The van der Waals surface area contributed by atoms with Gasteiger partial charge in [-0.25, -0.2) is 8.42 Å². The van der Waals surface area contributed by atoms with Crippen molar-refractivity contribution < 1.29 is 18.0 Å². The van der Waals surface area contributed by atoms with E-state index in [1.807, 2.05) is 27.7 Å². The van der Waals surface area contributed by atoms with Crippen molar-refractivity contribution in [1.82, 2.24) is 10.2 Å². The highest BCUT2D eigenvalue weighted by Crippen LogP contribution is 2.26. The van der Waals surface area contributed by atoms with Gasteiger partial charge in [-0.05, 0) is 62.1 Å². The fourth-order valence-electron chi connectivity index (χ4n) is 3.57. The molecule has 2 amide bonds. The van der Waals surface area contributed by atoms with Gasteiger partial charge in [-0.15, -0.1) is 0 Å². The maximum absolute atomic E-state index is 13.7. The Morgan fingerprint density at radius 1 is 1.11 bits per heavy atom. The first-order chi connectivity index (χ1) is 16.4. The Balaban J connectivity index is 2.47. The third kappa shape index (κ3) is 7.95. The van der Waals surface area contributed by atoms with Crippen LogP contribution in [0.15, 0.2) is 46.9 Å². The van der Waals surface area contributed by atoms with Crippen LogP contribution in [0, 0.1) is 6.92 Å². The normalized spacial score (nSPS) is 13.1. The maximum Gasteiger partial charge on any atom is 0.244 e. The molecule has 1 N–H and O–H groups in total. The molecule has 10 heteroatoms. The minimum atomic E-state index is -3.79. The molecule has 2 aromatic carbocycles. The average molecular weight is 587 g/mol. The van der Waals surface area contributed by atoms with Crippen molar-refractivity contribution >= 4 is 55.1 Å². The second-order valence-electron chi connectivity index (χ2n) is 8.56. The second kappa shape index (κ2) is 12.7. The molecule has 0 aliphatic heterocycles. The SMILES string of the molecule is CCC(C)NC(=O)C(CC)N(Cc1ccccc1Cl)C(=O)CN(c1ccc(Br)c(C)c1)S(C)(=O)=O. The number of anilines is 1. The molecule has 0 bridgehead atoms. The molecule has 7 nitrogen and oxygen atoms in total. The zero-order valence-corrected chi connectivity index (χ0v) is 23.9. The molecular weight excluding hydrogens is 554 g/mol. The van der Waals surface area contributed by atoms with E-state index in [1.54, 1.807) is 42.5 Å². The number of rotatable bonds is 11. The van der Waals surface area contributed by atoms with Gasteiger partial charge in [0.25, 0.3) is 0 Å². The highest BCUT2D eigenvalue weighted by molar-refractivity contribution is 9.10. The summed E-state index contributed by atoms with van der Waals surface area (Å²) in [5, 5.41) is 3.41. The fraction of sp³-hybridized carbons (Fsp3) is 0.440. The lowest BCUT2D eigenvalue weighted by Crippen LogP contribution is -2.53. The van der Waals surface area contributed by atoms with Crippen LogP contribution in [0.5, 0.6) is 0 Å². The summed E-state index contributed by atoms with van der Waals surface area (Å²) in [5.41, 5.74) is 1.87. The van der Waals surface area contributed by atoms with Crippen molar-refractivity contribution in [1.29, 1.82) is 0 Å². The summed E-state index contributed by atoms with van der Waals surface area (Å²) in [6, 6.07) is 11.3. The molecule has 35 heavy (non-hydrogen) atoms. The molecule has 2 atom stereocenters. The Kier molecular flexibility index (Phi) is 10.6. The molecule has 0 heterocycles. The number of hydrogen-bond donors (Lipinski definition) is 1. The standard InChI is InChI=1S/C25H33BrClN3O4S/c1-6-18(4)28-25(32)23(7-2)29(15-19-10-8-9-11-22(19)27)24(31)16-30(35(5,33)34)20-12-13-21(26)17(3)14-20/h8-14,18,23H,6-7,15-16H2,1-5H3,(H,28,32). The quantitative estimate of drug-likeness (QED) is 0.406. The zero-order valence-electron chi connectivity index (χ0n) is 20.7. The van der Waals surface area contributed by atoms with Gasteiger partial charge in [0.05, 0.1) is 11.9 Å². The number of nitrogens with one attached hydrogen (secondary N) is 1. The van der Waals surface area contributed by atoms with Crippen LogP contribution in [-0.4, -0.2) is 50.0 Å². The van der Waals surface area contributed by atoms with E-state index in [2.05, 4.69) is 21.2 Å². The van der Waals surface area contributed by atoms with E-state index in [9.17, 15) is 18.0 Å². The third-order valence-corrected chi connectivity index (χ3v) is 8.19. The van der Waals surface area contributed by atoms with Crippen molar-refractivity contribution in [2.75, 3.05) is 17.1 Å². The smallest absolute Gasteiger partial charge is 0.244 e. The Hall–Kier alpha value is -2.10. The number of hydrogen-bond acceptors (Lipinski definition) is 4. The maximum atomic E-state index is 13.7. The summed E-state index contributed by atoms with van der Waals surface area (Å²) in [6.07, 6.45) is 2.16. The first-order valence-corrected chi connectivity index (χ1v) is 14.5. The number of sulfonamides is 1. The Labute approximate surface area is 222 Å². The van der Waals surface area contributed by atoms with Gasteiger partial charge < -0.3 is 10.2 Å². The van der Waals surface area contributed by atoms with Crippen molar-refractivity contribution in [2.24, 2.45) is 0 Å². The van der Waals surface area contributed by atoms with Crippen LogP contribution in [0.2, 0.25) is 5.02 Å². The molecule has 0 saturated heterocycles. The highest BCUT2D eigenvalue weighted by Gasteiger charge is 2.32. The lowest BCUT2D eigenvalue weighted by Gasteiger charge is -2.33. The molecule has 0 aromatic heterocycles. The van der Waals surface area contributed by atoms with Crippen molar-refractivity contribution in [3.05, 3.63) is 63.1 Å². The Bertz CT molecular complexity index is 1160. The number of amides is 2. The van der Waals surface area contributed by atoms with Gasteiger partial charge in [0.1, 0.15) is 12.6 Å². The Morgan fingerprint density at radius 3 is 2.31 bits per heavy atom. The largest absolute Gasteiger partial charge is 0.352 e. The highest BCUT2D eigenvalue weighted by atomic mass is 79.9. The average Bonchev–Trinajstić information content (AvgIpc) is 2.79. The number of benzene rings is 2. The second-order valence-corrected chi connectivity index (χ2v) is 11.7. The molecule has 0 aliphatic rings. The van der Waals surface area contributed by atoms with Crippen molar-refractivity contribution in [3.8, 4) is 0 Å². The summed E-state index contributed by atoms with van der Waals surface area (Å²) in [5.74, 6) is -0.783. The monoisotopic (exact) mass is 585 g/mol. The lowest BCUT2D eigenvalue weighted by atomic mass is 10.1. The topological polar surface area (TPSA) is 86.8 Å². The summed E-state index contributed by atoms with van der Waals surface area (Å²) in [4.78, 5) is 28.2. The van der Waals surface area contributed by atoms with Gasteiger partial charge in [-0.2, -0.15) is 0 Å². The van der Waals surface area contributed by atoms with Crippen LogP contribution < -0.4 is 9.62 Å². The number of carbonyl (C=O) groups excluding carboxylic acids is 2. The fourth-order valence-corrected chi connectivity index (χ4v) is 4.85. The minimum Gasteiger partial charge on any atom is -0.352 e. The summed E-state index contributed by atoms with van der Waals surface area (Å²) < 4.78 is 27.3. The van der Waals surface area contributed by atoms with Gasteiger partial charge in [0.15, 0.2) is 0 Å². The molecule has 0 fully saturated rings. The van der Waals surface area contributed by atoms with Crippen LogP contribution in [0.3, 0.4) is 0 Å².